The van der Waals surface area contributed by atoms with E-state index in [0.29, 0.717) is 5.92 Å². The van der Waals surface area contributed by atoms with E-state index in [1.54, 1.807) is 11.3 Å². The summed E-state index contributed by atoms with van der Waals surface area (Å²) in [4.78, 5) is 21.5. The van der Waals surface area contributed by atoms with Gasteiger partial charge in [0.05, 0.1) is 29.8 Å². The van der Waals surface area contributed by atoms with Gasteiger partial charge in [0.15, 0.2) is 0 Å². The van der Waals surface area contributed by atoms with Gasteiger partial charge in [-0.1, -0.05) is 0 Å². The highest BCUT2D eigenvalue weighted by Crippen LogP contribution is 2.29. The molecule has 1 atom stereocenters. The lowest BCUT2D eigenvalue weighted by molar-refractivity contribution is -0.192. The minimum absolute atomic E-state index is 0.525. The first-order valence-corrected chi connectivity index (χ1v) is 10.6. The zero-order valence-corrected chi connectivity index (χ0v) is 17.5. The Morgan fingerprint density at radius 3 is 2.60 bits per heavy atom. The number of carboxylic acid groups (broad SMARTS) is 1. The fourth-order valence-electron chi connectivity index (χ4n) is 3.23. The number of carboxylic acids is 1. The molecule has 0 radical (unpaired) electrons. The molecule has 1 N–H and O–H groups in total. The summed E-state index contributed by atoms with van der Waals surface area (Å²) >= 11 is 1.76. The van der Waals surface area contributed by atoms with Crippen molar-refractivity contribution in [3.63, 3.8) is 0 Å². The van der Waals surface area contributed by atoms with Crippen molar-refractivity contribution in [2.24, 2.45) is 11.8 Å². The summed E-state index contributed by atoms with van der Waals surface area (Å²) in [6, 6.07) is 0. The zero-order valence-electron chi connectivity index (χ0n) is 16.6. The molecular formula is C19H25F3N4O3S. The Labute approximate surface area is 176 Å². The first-order chi connectivity index (χ1) is 14.2. The van der Waals surface area contributed by atoms with Crippen molar-refractivity contribution in [2.45, 2.75) is 45.6 Å². The monoisotopic (exact) mass is 446 g/mol. The maximum absolute atomic E-state index is 10.6. The third kappa shape index (κ3) is 6.78. The highest BCUT2D eigenvalue weighted by atomic mass is 32.1. The topological polar surface area (TPSA) is 80.5 Å². The third-order valence-corrected chi connectivity index (χ3v) is 5.93. The summed E-state index contributed by atoms with van der Waals surface area (Å²) in [6.07, 6.45) is 1.59. The second kappa shape index (κ2) is 9.88. The lowest BCUT2D eigenvalue weighted by Crippen LogP contribution is -2.30. The molecular weight excluding hydrogens is 421 g/mol. The van der Waals surface area contributed by atoms with Crippen molar-refractivity contribution < 1.29 is 27.8 Å². The third-order valence-electron chi connectivity index (χ3n) is 5.01. The number of thiazole rings is 1. The summed E-state index contributed by atoms with van der Waals surface area (Å²) in [5.41, 5.74) is 4.41. The molecule has 3 heterocycles. The number of aryl methyl sites for hydroxylation is 1. The van der Waals surface area contributed by atoms with Crippen LogP contribution in [-0.4, -0.2) is 56.4 Å². The van der Waals surface area contributed by atoms with Crippen LogP contribution in [0.1, 0.15) is 29.1 Å². The molecule has 0 aromatic carbocycles. The van der Waals surface area contributed by atoms with Gasteiger partial charge < -0.3 is 14.4 Å². The molecule has 7 nitrogen and oxygen atoms in total. The van der Waals surface area contributed by atoms with Crippen LogP contribution < -0.4 is 0 Å². The van der Waals surface area contributed by atoms with Crippen molar-refractivity contribution in [1.82, 2.24) is 19.4 Å². The van der Waals surface area contributed by atoms with Crippen LogP contribution in [-0.2, 0) is 29.2 Å². The van der Waals surface area contributed by atoms with Crippen molar-refractivity contribution in [2.75, 3.05) is 19.8 Å². The molecule has 0 amide bonds. The molecule has 1 saturated carbocycles. The lowest BCUT2D eigenvalue weighted by atomic mass is 10.1. The van der Waals surface area contributed by atoms with Crippen LogP contribution in [0.5, 0.6) is 0 Å². The summed E-state index contributed by atoms with van der Waals surface area (Å²) in [6.45, 7) is 7.91. The average Bonchev–Trinajstić information content (AvgIpc) is 3.30. The van der Waals surface area contributed by atoms with Crippen molar-refractivity contribution in [3.8, 4) is 0 Å². The van der Waals surface area contributed by atoms with E-state index in [9.17, 15) is 13.2 Å². The number of halogens is 3. The summed E-state index contributed by atoms with van der Waals surface area (Å²) in [7, 11) is 0. The zero-order chi connectivity index (χ0) is 21.7. The van der Waals surface area contributed by atoms with Gasteiger partial charge in [0, 0.05) is 49.8 Å². The normalized spacial score (nSPS) is 19.5. The Bertz CT molecular complexity index is 835. The van der Waals surface area contributed by atoms with E-state index in [2.05, 4.69) is 26.4 Å². The summed E-state index contributed by atoms with van der Waals surface area (Å²) in [5.74, 6) is -1.40. The molecule has 1 unspecified atom stereocenters. The number of imidazole rings is 1. The molecule has 11 heteroatoms. The van der Waals surface area contributed by atoms with Gasteiger partial charge in [-0.25, -0.2) is 14.8 Å². The maximum Gasteiger partial charge on any atom is 0.490 e. The number of aromatic nitrogens is 3. The Balaban J connectivity index is 0.000000318. The van der Waals surface area contributed by atoms with E-state index >= 15 is 0 Å². The molecule has 166 valence electrons. The van der Waals surface area contributed by atoms with Crippen LogP contribution in [0.2, 0.25) is 0 Å². The van der Waals surface area contributed by atoms with E-state index in [0.717, 1.165) is 51.0 Å². The molecule has 30 heavy (non-hydrogen) atoms. The maximum atomic E-state index is 10.6. The Morgan fingerprint density at radius 2 is 2.00 bits per heavy atom. The lowest BCUT2D eigenvalue weighted by Gasteiger charge is -2.23. The predicted octanol–water partition coefficient (Wildman–Crippen LogP) is 3.34. The number of aliphatic carboxylic acids is 1. The Hall–Kier alpha value is -1.98. The van der Waals surface area contributed by atoms with E-state index in [4.69, 9.17) is 14.6 Å². The average molecular weight is 446 g/mol. The van der Waals surface area contributed by atoms with Gasteiger partial charge in [-0.05, 0) is 25.7 Å². The highest BCUT2D eigenvalue weighted by Gasteiger charge is 2.38. The van der Waals surface area contributed by atoms with Gasteiger partial charge >= 0.3 is 12.1 Å². The van der Waals surface area contributed by atoms with Crippen LogP contribution in [0.25, 0.3) is 0 Å². The number of nitrogens with zero attached hydrogens (tertiary/aromatic N) is 4. The Morgan fingerprint density at radius 1 is 1.30 bits per heavy atom. The second-order valence-corrected chi connectivity index (χ2v) is 8.66. The molecule has 0 spiro atoms. The van der Waals surface area contributed by atoms with E-state index in [1.807, 2.05) is 18.0 Å². The van der Waals surface area contributed by atoms with Crippen LogP contribution in [0.3, 0.4) is 0 Å². The number of hydrogen-bond acceptors (Lipinski definition) is 6. The minimum Gasteiger partial charge on any atom is -0.475 e. The number of carbonyl (C=O) groups is 1. The molecule has 1 aliphatic carbocycles. The van der Waals surface area contributed by atoms with Crippen molar-refractivity contribution in [1.29, 1.82) is 0 Å². The Kier molecular flexibility index (Phi) is 7.48. The first kappa shape index (κ1) is 22.7. The number of ether oxygens (including phenoxy) is 1. The largest absolute Gasteiger partial charge is 0.490 e. The van der Waals surface area contributed by atoms with E-state index in [-0.39, 0.29) is 0 Å². The van der Waals surface area contributed by atoms with Crippen LogP contribution >= 0.6 is 11.3 Å². The minimum atomic E-state index is -5.08. The quantitative estimate of drug-likeness (QED) is 0.733. The smallest absolute Gasteiger partial charge is 0.475 e. The van der Waals surface area contributed by atoms with Gasteiger partial charge in [0.2, 0.25) is 0 Å². The van der Waals surface area contributed by atoms with Crippen LogP contribution in [0, 0.1) is 18.8 Å². The predicted molar refractivity (Wildman–Crippen MR) is 104 cm³/mol. The molecule has 0 bridgehead atoms. The standard InChI is InChI=1S/C17H24N4OS.C2HF3O2/c1-13-17(23-12-19-13)8-20-5-15(10-22-9-14-2-3-14)6-21-11-18-4-16(21)7-20;3-2(4,5)1(6)7/h4,11-12,14-15H,2-3,5-10H2,1H3;(H,6,7). The number of rotatable bonds is 6. The van der Waals surface area contributed by atoms with Gasteiger partial charge in [-0.15, -0.1) is 11.3 Å². The van der Waals surface area contributed by atoms with Crippen molar-refractivity contribution in [3.05, 3.63) is 34.3 Å². The number of hydrogen-bond donors (Lipinski definition) is 1. The van der Waals surface area contributed by atoms with E-state index < -0.39 is 12.1 Å². The summed E-state index contributed by atoms with van der Waals surface area (Å²) in [5, 5.41) is 7.12. The van der Waals surface area contributed by atoms with Gasteiger partial charge in [-0.3, -0.25) is 4.90 Å². The van der Waals surface area contributed by atoms with E-state index in [1.165, 1.54) is 23.4 Å². The number of fused-ring (bicyclic) bond motifs is 1. The molecule has 1 aliphatic heterocycles. The molecule has 0 saturated heterocycles. The van der Waals surface area contributed by atoms with Gasteiger partial charge in [0.1, 0.15) is 0 Å². The second-order valence-electron chi connectivity index (χ2n) is 7.72. The van der Waals surface area contributed by atoms with Crippen LogP contribution in [0.15, 0.2) is 18.0 Å². The fraction of sp³-hybridized carbons (Fsp3) is 0.632. The fourth-order valence-corrected chi connectivity index (χ4v) is 4.05. The summed E-state index contributed by atoms with van der Waals surface area (Å²) < 4.78 is 40.0. The van der Waals surface area contributed by atoms with Gasteiger partial charge in [0.25, 0.3) is 0 Å². The molecule has 2 aromatic heterocycles. The van der Waals surface area contributed by atoms with Crippen molar-refractivity contribution >= 4 is 17.3 Å². The molecule has 2 aliphatic rings. The van der Waals surface area contributed by atoms with Crippen LogP contribution in [0.4, 0.5) is 13.2 Å². The first-order valence-electron chi connectivity index (χ1n) is 9.70. The molecule has 1 fully saturated rings. The van der Waals surface area contributed by atoms with Gasteiger partial charge in [-0.2, -0.15) is 13.2 Å². The molecule has 2 aromatic rings. The SMILES string of the molecule is Cc1ncsc1CN1Cc2cncn2CC(COCC2CC2)C1.O=C(O)C(F)(F)F. The highest BCUT2D eigenvalue weighted by molar-refractivity contribution is 7.09. The molecule has 4 rings (SSSR count). The number of alkyl halides is 3.